The van der Waals surface area contributed by atoms with Gasteiger partial charge in [0.1, 0.15) is 5.82 Å². The monoisotopic (exact) mass is 249 g/mol. The van der Waals surface area contributed by atoms with Gasteiger partial charge in [0, 0.05) is 11.6 Å². The van der Waals surface area contributed by atoms with E-state index < -0.39 is 0 Å². The number of hydrogen-bond donors (Lipinski definition) is 0. The average Bonchev–Trinajstić information content (AvgIpc) is 3.20. The molecule has 2 unspecified atom stereocenters. The number of halogens is 1. The highest BCUT2D eigenvalue weighted by molar-refractivity contribution is 5.99. The third-order valence-electron chi connectivity index (χ3n) is 4.07. The number of Topliss-reactive ketones (excluding diaryl/α,β-unsaturated/α-hetero) is 1. The summed E-state index contributed by atoms with van der Waals surface area (Å²) < 4.78 is 12.8. The first-order valence-corrected chi connectivity index (χ1v) is 6.52. The molecule has 0 bridgehead atoms. The predicted molar refractivity (Wildman–Crippen MR) is 70.1 cm³/mol. The molecule has 0 aromatic heterocycles. The van der Waals surface area contributed by atoms with Crippen LogP contribution in [0.4, 0.5) is 4.39 Å². The first-order chi connectivity index (χ1) is 8.50. The van der Waals surface area contributed by atoms with Crippen molar-refractivity contribution < 1.29 is 9.18 Å². The second-order valence-electron chi connectivity index (χ2n) is 5.29. The Morgan fingerprint density at radius 1 is 1.28 bits per heavy atom. The van der Waals surface area contributed by atoms with Crippen LogP contribution in [0.15, 0.2) is 24.3 Å². The lowest BCUT2D eigenvalue weighted by Gasteiger charge is -2.30. The molecule has 0 amide bonds. The van der Waals surface area contributed by atoms with Crippen molar-refractivity contribution >= 4 is 5.78 Å². The van der Waals surface area contributed by atoms with Crippen molar-refractivity contribution in [3.63, 3.8) is 0 Å². The maximum Gasteiger partial charge on any atom is 0.179 e. The molecule has 1 aromatic rings. The number of hydrogen-bond acceptors (Lipinski definition) is 2. The molecule has 2 atom stereocenters. The Hall–Kier alpha value is -1.22. The Kier molecular flexibility index (Phi) is 3.81. The second-order valence-corrected chi connectivity index (χ2v) is 5.29. The average molecular weight is 249 g/mol. The number of benzene rings is 1. The predicted octanol–water partition coefficient (Wildman–Crippen LogP) is 3.13. The molecule has 1 aliphatic rings. The minimum atomic E-state index is -0.307. The van der Waals surface area contributed by atoms with Gasteiger partial charge in [0.05, 0.1) is 6.04 Å². The van der Waals surface area contributed by atoms with Crippen molar-refractivity contribution in [3.05, 3.63) is 35.6 Å². The van der Waals surface area contributed by atoms with Crippen LogP contribution in [-0.4, -0.2) is 29.8 Å². The Morgan fingerprint density at radius 2 is 1.83 bits per heavy atom. The quantitative estimate of drug-likeness (QED) is 0.747. The summed E-state index contributed by atoms with van der Waals surface area (Å²) >= 11 is 0. The van der Waals surface area contributed by atoms with Gasteiger partial charge in [-0.3, -0.25) is 9.69 Å². The molecule has 0 spiro atoms. The van der Waals surface area contributed by atoms with Crippen LogP contribution in [0.25, 0.3) is 0 Å². The Bertz CT molecular complexity index is 425. The summed E-state index contributed by atoms with van der Waals surface area (Å²) in [5.41, 5.74) is 0.582. The van der Waals surface area contributed by atoms with Crippen LogP contribution in [-0.2, 0) is 0 Å². The lowest BCUT2D eigenvalue weighted by molar-refractivity contribution is 0.0811. The van der Waals surface area contributed by atoms with Crippen LogP contribution in [0.1, 0.15) is 37.0 Å². The van der Waals surface area contributed by atoms with Gasteiger partial charge in [-0.2, -0.15) is 0 Å². The van der Waals surface area contributed by atoms with E-state index >= 15 is 0 Å². The summed E-state index contributed by atoms with van der Waals surface area (Å²) in [5, 5.41) is 0. The summed E-state index contributed by atoms with van der Waals surface area (Å²) in [6, 6.07) is 6.07. The van der Waals surface area contributed by atoms with Crippen LogP contribution in [0.3, 0.4) is 0 Å². The van der Waals surface area contributed by atoms with Gasteiger partial charge in [-0.15, -0.1) is 0 Å². The molecular weight excluding hydrogens is 229 g/mol. The molecule has 18 heavy (non-hydrogen) atoms. The number of carbonyl (C=O) groups is 1. The largest absolute Gasteiger partial charge is 0.294 e. The van der Waals surface area contributed by atoms with Crippen LogP contribution in [0.2, 0.25) is 0 Å². The highest BCUT2D eigenvalue weighted by atomic mass is 19.1. The van der Waals surface area contributed by atoms with Crippen LogP contribution >= 0.6 is 0 Å². The third kappa shape index (κ3) is 2.78. The van der Waals surface area contributed by atoms with Gasteiger partial charge in [-0.25, -0.2) is 4.39 Å². The number of rotatable bonds is 5. The Balaban J connectivity index is 2.05. The summed E-state index contributed by atoms with van der Waals surface area (Å²) in [7, 11) is 2.00. The molecule has 1 aromatic carbocycles. The van der Waals surface area contributed by atoms with Crippen molar-refractivity contribution in [2.45, 2.75) is 38.8 Å². The molecule has 0 aliphatic heterocycles. The van der Waals surface area contributed by atoms with Gasteiger partial charge in [-0.05, 0) is 63.9 Å². The fourth-order valence-electron chi connectivity index (χ4n) is 2.30. The van der Waals surface area contributed by atoms with Gasteiger partial charge in [0.25, 0.3) is 0 Å². The number of ketones is 1. The highest BCUT2D eigenvalue weighted by Gasteiger charge is 2.33. The molecule has 0 radical (unpaired) electrons. The Labute approximate surface area is 108 Å². The molecular formula is C15H20FNO. The van der Waals surface area contributed by atoms with E-state index in [-0.39, 0.29) is 17.6 Å². The number of carbonyl (C=O) groups excluding carboxylic acids is 1. The minimum Gasteiger partial charge on any atom is -0.294 e. The third-order valence-corrected chi connectivity index (χ3v) is 4.07. The molecule has 2 rings (SSSR count). The standard InChI is InChI=1S/C15H20FNO/c1-10(12-4-5-12)17(3)11(2)15(18)13-6-8-14(16)9-7-13/h6-12H,4-5H2,1-3H3. The van der Waals surface area contributed by atoms with Gasteiger partial charge in [0.15, 0.2) is 5.78 Å². The van der Waals surface area contributed by atoms with E-state index in [9.17, 15) is 9.18 Å². The maximum atomic E-state index is 12.8. The summed E-state index contributed by atoms with van der Waals surface area (Å²) in [6.07, 6.45) is 2.53. The lowest BCUT2D eigenvalue weighted by atomic mass is 10.0. The molecule has 0 saturated heterocycles. The lowest BCUT2D eigenvalue weighted by Crippen LogP contribution is -2.42. The molecule has 0 N–H and O–H groups in total. The van der Waals surface area contributed by atoms with E-state index in [1.54, 1.807) is 12.1 Å². The Morgan fingerprint density at radius 3 is 2.33 bits per heavy atom. The van der Waals surface area contributed by atoms with Crippen molar-refractivity contribution in [3.8, 4) is 0 Å². The summed E-state index contributed by atoms with van der Waals surface area (Å²) in [5.74, 6) is 0.488. The first-order valence-electron chi connectivity index (χ1n) is 6.52. The van der Waals surface area contributed by atoms with Crippen molar-refractivity contribution in [2.24, 2.45) is 5.92 Å². The highest BCUT2D eigenvalue weighted by Crippen LogP contribution is 2.35. The fourth-order valence-corrected chi connectivity index (χ4v) is 2.30. The first kappa shape index (κ1) is 13.2. The van der Waals surface area contributed by atoms with Gasteiger partial charge < -0.3 is 0 Å². The van der Waals surface area contributed by atoms with E-state index in [0.29, 0.717) is 11.6 Å². The van der Waals surface area contributed by atoms with E-state index in [1.165, 1.54) is 25.0 Å². The fraction of sp³-hybridized carbons (Fsp3) is 0.533. The van der Waals surface area contributed by atoms with Gasteiger partial charge >= 0.3 is 0 Å². The van der Waals surface area contributed by atoms with Crippen molar-refractivity contribution in [1.82, 2.24) is 4.90 Å². The zero-order chi connectivity index (χ0) is 13.3. The van der Waals surface area contributed by atoms with Crippen molar-refractivity contribution in [2.75, 3.05) is 7.05 Å². The molecule has 1 saturated carbocycles. The van der Waals surface area contributed by atoms with E-state index in [0.717, 1.165) is 5.92 Å². The van der Waals surface area contributed by atoms with E-state index in [1.807, 2.05) is 14.0 Å². The second kappa shape index (κ2) is 5.19. The SMILES string of the molecule is CC(C(=O)c1ccc(F)cc1)N(C)C(C)C1CC1. The van der Waals surface area contributed by atoms with Crippen LogP contribution in [0, 0.1) is 11.7 Å². The number of likely N-dealkylation sites (N-methyl/N-ethyl adjacent to an activating group) is 1. The topological polar surface area (TPSA) is 20.3 Å². The van der Waals surface area contributed by atoms with E-state index in [4.69, 9.17) is 0 Å². The minimum absolute atomic E-state index is 0.0602. The molecule has 0 heterocycles. The molecule has 98 valence electrons. The van der Waals surface area contributed by atoms with Crippen molar-refractivity contribution in [1.29, 1.82) is 0 Å². The molecule has 2 nitrogen and oxygen atoms in total. The molecule has 3 heteroatoms. The zero-order valence-electron chi connectivity index (χ0n) is 11.2. The summed E-state index contributed by atoms with van der Waals surface area (Å²) in [6.45, 7) is 4.09. The smallest absolute Gasteiger partial charge is 0.179 e. The van der Waals surface area contributed by atoms with Gasteiger partial charge in [0.2, 0.25) is 0 Å². The zero-order valence-corrected chi connectivity index (χ0v) is 11.2. The normalized spacial score (nSPS) is 18.7. The van der Waals surface area contributed by atoms with E-state index in [2.05, 4.69) is 11.8 Å². The van der Waals surface area contributed by atoms with Crippen LogP contribution < -0.4 is 0 Å². The molecule has 1 fully saturated rings. The van der Waals surface area contributed by atoms with Crippen LogP contribution in [0.5, 0.6) is 0 Å². The number of nitrogens with zero attached hydrogens (tertiary/aromatic N) is 1. The molecule has 1 aliphatic carbocycles. The maximum absolute atomic E-state index is 12.8. The summed E-state index contributed by atoms with van der Waals surface area (Å²) in [4.78, 5) is 14.4. The van der Waals surface area contributed by atoms with Gasteiger partial charge in [-0.1, -0.05) is 0 Å².